The maximum atomic E-state index is 14.9. The number of ketones is 1. The summed E-state index contributed by atoms with van der Waals surface area (Å²) in [7, 11) is 0. The van der Waals surface area contributed by atoms with Crippen LogP contribution in [-0.4, -0.2) is 69.9 Å². The van der Waals surface area contributed by atoms with Crippen molar-refractivity contribution in [3.8, 4) is 5.75 Å². The van der Waals surface area contributed by atoms with Crippen LogP contribution >= 0.6 is 0 Å². The van der Waals surface area contributed by atoms with Crippen molar-refractivity contribution in [2.45, 2.75) is 75.6 Å². The summed E-state index contributed by atoms with van der Waals surface area (Å²) in [6, 6.07) is -4.16. The van der Waals surface area contributed by atoms with Gasteiger partial charge in [-0.3, -0.25) is 24.8 Å². The Balaban J connectivity index is 1.96. The highest BCUT2D eigenvalue weighted by molar-refractivity contribution is 6.38. The predicted octanol–water partition coefficient (Wildman–Crippen LogP) is 3.52. The number of halogens is 8. The molecule has 1 aromatic heterocycles. The number of H-pyrrole nitrogens is 1. The third-order valence-electron chi connectivity index (χ3n) is 6.72. The molecule has 3 atom stereocenters. The van der Waals surface area contributed by atoms with Gasteiger partial charge in [0.2, 0.25) is 11.7 Å². The molecule has 0 spiro atoms. The molecule has 3 rings (SSSR count). The SMILES string of the molecule is CCNC(=O)C(=O)[C@H](CC1CCC1)NC(=O)[C@H](Cc1ncn[nH]1)N[C@@H](c1ccc(OC(F)(F)F)cc1)C(F)(F)C(F)(F)F. The van der Waals surface area contributed by atoms with E-state index in [1.807, 2.05) is 5.32 Å². The molecular formula is C25H28F8N6O4. The van der Waals surface area contributed by atoms with E-state index < -0.39 is 71.9 Å². The van der Waals surface area contributed by atoms with Crippen LogP contribution in [0.4, 0.5) is 35.1 Å². The second-order valence-electron chi connectivity index (χ2n) is 9.84. The average molecular weight is 629 g/mol. The van der Waals surface area contributed by atoms with Crippen LogP contribution in [0.3, 0.4) is 0 Å². The molecule has 10 nitrogen and oxygen atoms in total. The van der Waals surface area contributed by atoms with Crippen LogP contribution in [-0.2, 0) is 20.8 Å². The number of Topliss-reactive ketones (excluding diaryl/α,β-unsaturated/α-hetero) is 1. The van der Waals surface area contributed by atoms with Gasteiger partial charge in [-0.1, -0.05) is 31.4 Å². The van der Waals surface area contributed by atoms with Crippen molar-refractivity contribution in [2.75, 3.05) is 6.54 Å². The Bertz CT molecular complexity index is 1230. The van der Waals surface area contributed by atoms with Crippen LogP contribution in [0.2, 0.25) is 0 Å². The number of carbonyl (C=O) groups is 3. The monoisotopic (exact) mass is 628 g/mol. The van der Waals surface area contributed by atoms with Gasteiger partial charge in [-0.2, -0.15) is 27.1 Å². The first-order chi connectivity index (χ1) is 20.0. The van der Waals surface area contributed by atoms with E-state index in [2.05, 4.69) is 30.6 Å². The zero-order valence-electron chi connectivity index (χ0n) is 22.5. The summed E-state index contributed by atoms with van der Waals surface area (Å²) in [5.41, 5.74) is -0.836. The number of hydrogen-bond acceptors (Lipinski definition) is 7. The lowest BCUT2D eigenvalue weighted by Crippen LogP contribution is -2.57. The molecule has 0 bridgehead atoms. The van der Waals surface area contributed by atoms with Crippen molar-refractivity contribution in [1.29, 1.82) is 0 Å². The maximum Gasteiger partial charge on any atom is 0.573 e. The van der Waals surface area contributed by atoms with E-state index in [-0.39, 0.29) is 24.7 Å². The number of likely N-dealkylation sites (N-methyl/N-ethyl adjacent to an activating group) is 1. The number of carbonyl (C=O) groups excluding carboxylic acids is 3. The summed E-state index contributed by atoms with van der Waals surface area (Å²) < 4.78 is 112. The molecule has 0 radical (unpaired) electrons. The van der Waals surface area contributed by atoms with Crippen molar-refractivity contribution in [2.24, 2.45) is 5.92 Å². The van der Waals surface area contributed by atoms with Crippen LogP contribution in [0.1, 0.15) is 50.0 Å². The number of benzene rings is 1. The van der Waals surface area contributed by atoms with Gasteiger partial charge in [-0.05, 0) is 37.0 Å². The summed E-state index contributed by atoms with van der Waals surface area (Å²) in [5.74, 6) is -9.85. The molecule has 2 aromatic rings. The van der Waals surface area contributed by atoms with E-state index in [1.54, 1.807) is 6.92 Å². The van der Waals surface area contributed by atoms with Gasteiger partial charge < -0.3 is 15.4 Å². The normalized spacial score (nSPS) is 16.5. The molecule has 1 fully saturated rings. The number of hydrogen-bond donors (Lipinski definition) is 4. The van der Waals surface area contributed by atoms with Gasteiger partial charge in [0.1, 0.15) is 23.9 Å². The quantitative estimate of drug-likeness (QED) is 0.186. The maximum absolute atomic E-state index is 14.9. The standard InChI is InChI=1S/C25H28F8N6O4/c1-2-34-22(42)19(40)16(10-13-4-3-5-13)38-21(41)17(11-18-35-12-36-39-18)37-20(23(26,27)24(28,29)30)14-6-8-15(9-7-14)43-25(31,32)33/h6-9,12-13,16-17,20,37H,2-5,10-11H2,1H3,(H,34,42)(H,38,41)(H,35,36,39)/t16-,17-,20-/m0/s1. The van der Waals surface area contributed by atoms with Crippen molar-refractivity contribution in [1.82, 2.24) is 31.1 Å². The lowest BCUT2D eigenvalue weighted by Gasteiger charge is -2.34. The van der Waals surface area contributed by atoms with Gasteiger partial charge in [0.05, 0.1) is 12.1 Å². The topological polar surface area (TPSA) is 138 Å². The van der Waals surface area contributed by atoms with Crippen LogP contribution in [0.15, 0.2) is 30.6 Å². The Morgan fingerprint density at radius 3 is 2.16 bits per heavy atom. The first-order valence-corrected chi connectivity index (χ1v) is 13.0. The van der Waals surface area contributed by atoms with E-state index in [1.165, 1.54) is 0 Å². The van der Waals surface area contributed by atoms with Gasteiger partial charge in [-0.25, -0.2) is 4.98 Å². The first kappa shape index (κ1) is 33.7. The highest BCUT2D eigenvalue weighted by atomic mass is 19.4. The zero-order chi connectivity index (χ0) is 32.0. The minimum atomic E-state index is -6.17. The van der Waals surface area contributed by atoms with Gasteiger partial charge in [-0.15, -0.1) is 13.2 Å². The highest BCUT2D eigenvalue weighted by Gasteiger charge is 2.63. The highest BCUT2D eigenvalue weighted by Crippen LogP contribution is 2.45. The Hall–Kier alpha value is -3.83. The fourth-order valence-electron chi connectivity index (χ4n) is 4.36. The minimum Gasteiger partial charge on any atom is -0.406 e. The Morgan fingerprint density at radius 2 is 1.67 bits per heavy atom. The van der Waals surface area contributed by atoms with E-state index in [9.17, 15) is 49.5 Å². The molecule has 43 heavy (non-hydrogen) atoms. The number of alkyl halides is 8. The summed E-state index contributed by atoms with van der Waals surface area (Å²) in [5, 5.41) is 12.5. The van der Waals surface area contributed by atoms with E-state index in [0.717, 1.165) is 12.7 Å². The molecule has 1 aliphatic carbocycles. The molecule has 0 unspecified atom stereocenters. The molecule has 0 aliphatic heterocycles. The largest absolute Gasteiger partial charge is 0.573 e. The van der Waals surface area contributed by atoms with Crippen molar-refractivity contribution >= 4 is 17.6 Å². The van der Waals surface area contributed by atoms with Crippen LogP contribution < -0.4 is 20.7 Å². The molecule has 0 saturated heterocycles. The summed E-state index contributed by atoms with van der Waals surface area (Å²) in [4.78, 5) is 42.2. The molecule has 1 saturated carbocycles. The summed E-state index contributed by atoms with van der Waals surface area (Å²) in [6.45, 7) is 1.64. The molecule has 1 aromatic carbocycles. The summed E-state index contributed by atoms with van der Waals surface area (Å²) in [6.07, 6.45) is -8.69. The van der Waals surface area contributed by atoms with E-state index in [4.69, 9.17) is 0 Å². The first-order valence-electron chi connectivity index (χ1n) is 13.0. The molecule has 18 heteroatoms. The zero-order valence-corrected chi connectivity index (χ0v) is 22.5. The number of nitrogens with zero attached hydrogens (tertiary/aromatic N) is 2. The minimum absolute atomic E-state index is 0.0273. The van der Waals surface area contributed by atoms with E-state index >= 15 is 0 Å². The summed E-state index contributed by atoms with van der Waals surface area (Å²) >= 11 is 0. The number of aromatic amines is 1. The Kier molecular flexibility index (Phi) is 10.7. The molecule has 238 valence electrons. The molecule has 4 N–H and O–H groups in total. The number of amides is 2. The fraction of sp³-hybridized carbons (Fsp3) is 0.560. The lowest BCUT2D eigenvalue weighted by atomic mass is 9.80. The van der Waals surface area contributed by atoms with Crippen molar-refractivity contribution in [3.63, 3.8) is 0 Å². The van der Waals surface area contributed by atoms with Gasteiger partial charge in [0, 0.05) is 13.0 Å². The lowest BCUT2D eigenvalue weighted by molar-refractivity contribution is -0.294. The number of rotatable bonds is 14. The molecule has 1 aliphatic rings. The Labute approximate surface area is 239 Å². The van der Waals surface area contributed by atoms with Crippen LogP contribution in [0, 0.1) is 5.92 Å². The number of aromatic nitrogens is 3. The van der Waals surface area contributed by atoms with Crippen LogP contribution in [0.25, 0.3) is 0 Å². The average Bonchev–Trinajstić information content (AvgIpc) is 3.39. The van der Waals surface area contributed by atoms with Crippen molar-refractivity contribution < 1.29 is 54.2 Å². The fourth-order valence-corrected chi connectivity index (χ4v) is 4.36. The number of nitrogens with one attached hydrogen (secondary N) is 4. The predicted molar refractivity (Wildman–Crippen MR) is 131 cm³/mol. The second kappa shape index (κ2) is 13.6. The second-order valence-corrected chi connectivity index (χ2v) is 9.84. The smallest absolute Gasteiger partial charge is 0.406 e. The van der Waals surface area contributed by atoms with E-state index in [0.29, 0.717) is 37.1 Å². The Morgan fingerprint density at radius 1 is 1.02 bits per heavy atom. The van der Waals surface area contributed by atoms with Gasteiger partial charge >= 0.3 is 18.5 Å². The van der Waals surface area contributed by atoms with Gasteiger partial charge in [0.15, 0.2) is 0 Å². The van der Waals surface area contributed by atoms with Crippen LogP contribution in [0.5, 0.6) is 5.75 Å². The third kappa shape index (κ3) is 9.08. The van der Waals surface area contributed by atoms with Gasteiger partial charge in [0.25, 0.3) is 5.91 Å². The van der Waals surface area contributed by atoms with Crippen molar-refractivity contribution in [3.05, 3.63) is 42.0 Å². The number of ether oxygens (including phenoxy) is 1. The molecular weight excluding hydrogens is 600 g/mol. The molecule has 1 heterocycles. The third-order valence-corrected chi connectivity index (χ3v) is 6.72. The molecule has 2 amide bonds.